The molecule has 1 heterocycles. The van der Waals surface area contributed by atoms with Gasteiger partial charge in [0.15, 0.2) is 4.34 Å². The van der Waals surface area contributed by atoms with E-state index in [0.717, 1.165) is 15.0 Å². The number of aryl methyl sites for hydroxylation is 1. The molecule has 7 nitrogen and oxygen atoms in total. The van der Waals surface area contributed by atoms with Gasteiger partial charge in [-0.3, -0.25) is 9.59 Å². The van der Waals surface area contributed by atoms with Crippen molar-refractivity contribution in [2.24, 2.45) is 0 Å². The van der Waals surface area contributed by atoms with Crippen molar-refractivity contribution in [3.05, 3.63) is 59.7 Å². The fourth-order valence-corrected chi connectivity index (χ4v) is 4.38. The molecule has 0 unspecified atom stereocenters. The second-order valence-corrected chi connectivity index (χ2v) is 9.20. The maximum absolute atomic E-state index is 12.7. The van der Waals surface area contributed by atoms with Gasteiger partial charge in [0.25, 0.3) is 5.91 Å². The van der Waals surface area contributed by atoms with Gasteiger partial charge in [-0.2, -0.15) is 0 Å². The molecule has 2 aromatic carbocycles. The molecule has 9 heteroatoms. The summed E-state index contributed by atoms with van der Waals surface area (Å²) in [5, 5.41) is 18.0. The Kier molecular flexibility index (Phi) is 6.29. The largest absolute Gasteiger partial charge is 0.357 e. The summed E-state index contributed by atoms with van der Waals surface area (Å²) in [5.41, 5.74) is 2.65. The molecular weight excluding hydrogens is 418 g/mol. The van der Waals surface area contributed by atoms with Crippen molar-refractivity contribution in [3.8, 4) is 0 Å². The Balaban J connectivity index is 1.35. The van der Waals surface area contributed by atoms with Crippen LogP contribution in [0.4, 0.5) is 16.5 Å². The number of carbonyl (C=O) groups is 2. The highest BCUT2D eigenvalue weighted by molar-refractivity contribution is 8.01. The van der Waals surface area contributed by atoms with E-state index in [1.54, 1.807) is 24.3 Å². The van der Waals surface area contributed by atoms with Crippen molar-refractivity contribution >= 4 is 51.4 Å². The molecule has 3 N–H and O–H groups in total. The zero-order valence-corrected chi connectivity index (χ0v) is 18.0. The molecular formula is C21H21N5O2S2. The summed E-state index contributed by atoms with van der Waals surface area (Å²) < 4.78 is 0.735. The van der Waals surface area contributed by atoms with Crippen molar-refractivity contribution in [1.29, 1.82) is 0 Å². The smallest absolute Gasteiger partial charge is 0.257 e. The molecule has 0 radical (unpaired) electrons. The van der Waals surface area contributed by atoms with Crippen LogP contribution in [0.15, 0.2) is 52.9 Å². The van der Waals surface area contributed by atoms with Crippen LogP contribution in [0.3, 0.4) is 0 Å². The minimum Gasteiger partial charge on any atom is -0.357 e. The van der Waals surface area contributed by atoms with E-state index >= 15 is 0 Å². The second kappa shape index (κ2) is 9.27. The third kappa shape index (κ3) is 5.58. The number of para-hydroxylation sites is 1. The van der Waals surface area contributed by atoms with Gasteiger partial charge in [0, 0.05) is 11.7 Å². The molecule has 1 aliphatic carbocycles. The van der Waals surface area contributed by atoms with Crippen molar-refractivity contribution in [2.45, 2.75) is 30.1 Å². The van der Waals surface area contributed by atoms with Crippen LogP contribution < -0.4 is 16.0 Å². The fourth-order valence-electron chi connectivity index (χ4n) is 2.75. The lowest BCUT2D eigenvalue weighted by Gasteiger charge is -2.11. The first-order valence-corrected chi connectivity index (χ1v) is 11.4. The van der Waals surface area contributed by atoms with Gasteiger partial charge in [0.05, 0.1) is 17.0 Å². The van der Waals surface area contributed by atoms with Crippen molar-refractivity contribution in [1.82, 2.24) is 10.2 Å². The molecule has 0 aliphatic heterocycles. The summed E-state index contributed by atoms with van der Waals surface area (Å²) in [4.78, 5) is 25.1. The molecule has 1 saturated carbocycles. The van der Waals surface area contributed by atoms with Gasteiger partial charge in [-0.05, 0) is 49.6 Å². The van der Waals surface area contributed by atoms with Gasteiger partial charge in [-0.25, -0.2) is 0 Å². The Morgan fingerprint density at radius 1 is 1.10 bits per heavy atom. The minimum atomic E-state index is -0.274. The van der Waals surface area contributed by atoms with E-state index in [-0.39, 0.29) is 17.6 Å². The number of benzene rings is 2. The lowest BCUT2D eigenvalue weighted by Crippen LogP contribution is -2.19. The molecule has 2 amide bonds. The standard InChI is InChI=1S/C21H21N5O2S2/c1-13-5-4-6-15(11-13)22-19(28)16-7-2-3-8-17(16)24-18(27)12-29-21-26-25-20(30-21)23-14-9-10-14/h2-8,11,14H,9-10,12H2,1H3,(H,22,28)(H,23,25)(H,24,27). The highest BCUT2D eigenvalue weighted by Gasteiger charge is 2.22. The third-order valence-electron chi connectivity index (χ3n) is 4.36. The molecule has 0 atom stereocenters. The summed E-state index contributed by atoms with van der Waals surface area (Å²) in [5.74, 6) is -0.293. The van der Waals surface area contributed by atoms with Crippen LogP contribution in [0.5, 0.6) is 0 Å². The Morgan fingerprint density at radius 2 is 1.93 bits per heavy atom. The topological polar surface area (TPSA) is 96.0 Å². The predicted octanol–water partition coefficient (Wildman–Crippen LogP) is 4.40. The number of amides is 2. The molecule has 0 spiro atoms. The predicted molar refractivity (Wildman–Crippen MR) is 121 cm³/mol. The van der Waals surface area contributed by atoms with Gasteiger partial charge >= 0.3 is 0 Å². The van der Waals surface area contributed by atoms with Crippen LogP contribution in [0.25, 0.3) is 0 Å². The number of carbonyl (C=O) groups excluding carboxylic acids is 2. The number of rotatable bonds is 8. The summed E-state index contributed by atoms with van der Waals surface area (Å²) in [7, 11) is 0. The highest BCUT2D eigenvalue weighted by atomic mass is 32.2. The van der Waals surface area contributed by atoms with E-state index in [9.17, 15) is 9.59 Å². The van der Waals surface area contributed by atoms with E-state index in [0.29, 0.717) is 23.0 Å². The van der Waals surface area contributed by atoms with Gasteiger partial charge in [-0.15, -0.1) is 10.2 Å². The summed E-state index contributed by atoms with van der Waals surface area (Å²) >= 11 is 2.77. The van der Waals surface area contributed by atoms with Crippen LogP contribution in [-0.4, -0.2) is 33.8 Å². The zero-order chi connectivity index (χ0) is 20.9. The first-order valence-electron chi connectivity index (χ1n) is 9.56. The van der Waals surface area contributed by atoms with E-state index in [1.807, 2.05) is 31.2 Å². The average Bonchev–Trinajstić information content (AvgIpc) is 3.42. The van der Waals surface area contributed by atoms with E-state index in [4.69, 9.17) is 0 Å². The molecule has 4 rings (SSSR count). The Hall–Kier alpha value is -2.91. The number of nitrogens with zero attached hydrogens (tertiary/aromatic N) is 2. The quantitative estimate of drug-likeness (QED) is 0.450. The minimum absolute atomic E-state index is 0.186. The molecule has 3 aromatic rings. The molecule has 154 valence electrons. The number of anilines is 3. The van der Waals surface area contributed by atoms with Crippen LogP contribution in [0.2, 0.25) is 0 Å². The van der Waals surface area contributed by atoms with E-state index in [2.05, 4.69) is 26.1 Å². The van der Waals surface area contributed by atoms with Gasteiger partial charge < -0.3 is 16.0 Å². The second-order valence-electron chi connectivity index (χ2n) is 7.00. The summed E-state index contributed by atoms with van der Waals surface area (Å²) in [6.07, 6.45) is 2.34. The highest BCUT2D eigenvalue weighted by Crippen LogP contribution is 2.30. The van der Waals surface area contributed by atoms with Gasteiger partial charge in [0.1, 0.15) is 0 Å². The van der Waals surface area contributed by atoms with Crippen LogP contribution in [0, 0.1) is 6.92 Å². The molecule has 0 saturated heterocycles. The Labute approximate surface area is 182 Å². The zero-order valence-electron chi connectivity index (χ0n) is 16.3. The van der Waals surface area contributed by atoms with Crippen LogP contribution in [-0.2, 0) is 4.79 Å². The number of hydrogen-bond donors (Lipinski definition) is 3. The summed E-state index contributed by atoms with van der Waals surface area (Å²) in [6, 6.07) is 15.0. The van der Waals surface area contributed by atoms with Gasteiger partial charge in [-0.1, -0.05) is 47.4 Å². The monoisotopic (exact) mass is 439 g/mol. The third-order valence-corrected chi connectivity index (χ3v) is 6.35. The molecule has 1 fully saturated rings. The average molecular weight is 440 g/mol. The van der Waals surface area contributed by atoms with Crippen LogP contribution >= 0.6 is 23.1 Å². The van der Waals surface area contributed by atoms with Crippen LogP contribution in [0.1, 0.15) is 28.8 Å². The van der Waals surface area contributed by atoms with Gasteiger partial charge in [0.2, 0.25) is 11.0 Å². The Bertz CT molecular complexity index is 1060. The Morgan fingerprint density at radius 3 is 2.73 bits per heavy atom. The van der Waals surface area contributed by atoms with E-state index in [1.165, 1.54) is 35.9 Å². The number of aromatic nitrogens is 2. The first-order chi connectivity index (χ1) is 14.6. The lowest BCUT2D eigenvalue weighted by atomic mass is 10.1. The van der Waals surface area contributed by atoms with Crippen molar-refractivity contribution in [3.63, 3.8) is 0 Å². The number of thioether (sulfide) groups is 1. The molecule has 1 aromatic heterocycles. The van der Waals surface area contributed by atoms with E-state index < -0.39 is 0 Å². The molecule has 0 bridgehead atoms. The SMILES string of the molecule is Cc1cccc(NC(=O)c2ccccc2NC(=O)CSc2nnc(NC3CC3)s2)c1. The maximum Gasteiger partial charge on any atom is 0.257 e. The molecule has 30 heavy (non-hydrogen) atoms. The number of nitrogens with one attached hydrogen (secondary N) is 3. The van der Waals surface area contributed by atoms with Crippen molar-refractivity contribution in [2.75, 3.05) is 21.7 Å². The van der Waals surface area contributed by atoms with Crippen molar-refractivity contribution < 1.29 is 9.59 Å². The molecule has 1 aliphatic rings. The first kappa shape index (κ1) is 20.4. The maximum atomic E-state index is 12.7. The number of hydrogen-bond acceptors (Lipinski definition) is 7. The lowest BCUT2D eigenvalue weighted by molar-refractivity contribution is -0.113. The fraction of sp³-hybridized carbons (Fsp3) is 0.238. The summed E-state index contributed by atoms with van der Waals surface area (Å²) in [6.45, 7) is 1.96. The normalized spacial score (nSPS) is 13.0.